The number of carbonyl (C=O) groups excluding carboxylic acids is 3. The Kier molecular flexibility index (Phi) is 11.4. The molecule has 0 saturated heterocycles. The number of hydrogen-bond acceptors (Lipinski definition) is 9. The van der Waals surface area contributed by atoms with Crippen LogP contribution in [0.25, 0.3) is 22.3 Å². The van der Waals surface area contributed by atoms with Crippen LogP contribution in [0.1, 0.15) is 41.4 Å². The van der Waals surface area contributed by atoms with Crippen LogP contribution >= 0.6 is 0 Å². The van der Waals surface area contributed by atoms with E-state index in [1.165, 1.54) is 24.5 Å². The maximum atomic E-state index is 14.2. The first-order chi connectivity index (χ1) is 25.3. The molecule has 6 aliphatic rings. The largest absolute Gasteiger partial charge is 1.00 e. The molecule has 0 spiro atoms. The van der Waals surface area contributed by atoms with E-state index in [1.54, 1.807) is 21.8 Å². The number of alkyl carbamates (subject to hydrolysis) is 2. The van der Waals surface area contributed by atoms with Gasteiger partial charge in [0.1, 0.15) is 0 Å². The van der Waals surface area contributed by atoms with E-state index >= 15 is 0 Å². The molecule has 0 unspecified atom stereocenters. The Morgan fingerprint density at radius 2 is 0.982 bits per heavy atom. The molecule has 2 heterocycles. The second-order valence-corrected chi connectivity index (χ2v) is 14.1. The smallest absolute Gasteiger partial charge is 1.00 e. The van der Waals surface area contributed by atoms with E-state index in [0.29, 0.717) is 49.7 Å². The van der Waals surface area contributed by atoms with Gasteiger partial charge in [-0.3, -0.25) is 9.36 Å². The van der Waals surface area contributed by atoms with E-state index in [2.05, 4.69) is 39.8 Å². The number of aromatic nitrogens is 4. The fourth-order valence-corrected chi connectivity index (χ4v) is 8.11. The van der Waals surface area contributed by atoms with Crippen molar-refractivity contribution in [2.45, 2.75) is 73.4 Å². The first kappa shape index (κ1) is 43.0. The second-order valence-electron chi connectivity index (χ2n) is 14.1. The molecule has 6 saturated carbocycles. The van der Waals surface area contributed by atoms with Gasteiger partial charge in [-0.2, -0.15) is 10.2 Å². The van der Waals surface area contributed by atoms with Gasteiger partial charge in [0.2, 0.25) is 0 Å². The molecule has 13 nitrogen and oxygen atoms in total. The van der Waals surface area contributed by atoms with Crippen LogP contribution in [-0.4, -0.2) is 61.7 Å². The van der Waals surface area contributed by atoms with E-state index in [-0.39, 0.29) is 117 Å². The molecule has 0 aliphatic heterocycles. The second kappa shape index (κ2) is 14.9. The fourth-order valence-electron chi connectivity index (χ4n) is 8.11. The van der Waals surface area contributed by atoms with Crippen molar-refractivity contribution in [1.29, 1.82) is 0 Å². The van der Waals surface area contributed by atoms with Crippen molar-refractivity contribution in [3.63, 3.8) is 0 Å². The number of rotatable bonds is 8. The van der Waals surface area contributed by atoms with Gasteiger partial charge in [-0.1, -0.05) is 12.1 Å². The molecular formula is C33H26F8K2N6O7. The van der Waals surface area contributed by atoms with Gasteiger partial charge < -0.3 is 32.4 Å². The van der Waals surface area contributed by atoms with Crippen molar-refractivity contribution in [2.75, 3.05) is 0 Å². The average Bonchev–Trinajstić information content (AvgIpc) is 3.67. The quantitative estimate of drug-likeness (QED) is 0.116. The monoisotopic (exact) mass is 848 g/mol. The van der Waals surface area contributed by atoms with Crippen LogP contribution in [0.2, 0.25) is 0 Å². The Balaban J connectivity index is 0.00000186. The van der Waals surface area contributed by atoms with Gasteiger partial charge in [0.25, 0.3) is 0 Å². The van der Waals surface area contributed by atoms with Crippen molar-refractivity contribution in [1.82, 2.24) is 30.2 Å². The van der Waals surface area contributed by atoms with Crippen molar-refractivity contribution in [2.24, 2.45) is 0 Å². The van der Waals surface area contributed by atoms with Gasteiger partial charge in [0, 0.05) is 23.5 Å². The number of hydrogen-bond donors (Lipinski definition) is 2. The topological polar surface area (TPSA) is 148 Å². The predicted octanol–water partition coefficient (Wildman–Crippen LogP) is 1.26. The Morgan fingerprint density at radius 1 is 0.625 bits per heavy atom. The van der Waals surface area contributed by atoms with Gasteiger partial charge in [0.15, 0.2) is 23.1 Å². The zero-order valence-electron chi connectivity index (χ0n) is 31.2. The van der Waals surface area contributed by atoms with Crippen molar-refractivity contribution >= 4 is 18.3 Å². The maximum Gasteiger partial charge on any atom is 1.00 e. The summed E-state index contributed by atoms with van der Waals surface area (Å²) in [6.45, 7) is 0. The molecule has 2 N–H and O–H groups in total. The van der Waals surface area contributed by atoms with Crippen LogP contribution in [0.15, 0.2) is 61.2 Å². The van der Waals surface area contributed by atoms with E-state index in [0.717, 1.165) is 24.3 Å². The molecule has 288 valence electrons. The molecule has 4 aromatic rings. The third-order valence-electron chi connectivity index (χ3n) is 10.2. The zero-order chi connectivity index (χ0) is 38.5. The van der Waals surface area contributed by atoms with Crippen LogP contribution in [-0.2, 0) is 20.6 Å². The Labute approximate surface area is 397 Å². The minimum atomic E-state index is -5.04. The zero-order valence-corrected chi connectivity index (χ0v) is 35.4. The number of amides is 2. The maximum absolute atomic E-state index is 14.2. The molecular weight excluding hydrogens is 823 g/mol. The molecule has 2 amide bonds. The molecule has 0 atom stereocenters. The molecule has 10 rings (SSSR count). The predicted molar refractivity (Wildman–Crippen MR) is 165 cm³/mol. The Hall–Kier alpha value is -2.62. The van der Waals surface area contributed by atoms with Gasteiger partial charge >= 0.3 is 134 Å². The van der Waals surface area contributed by atoms with Crippen molar-refractivity contribution in [3.8, 4) is 33.8 Å². The molecule has 6 fully saturated rings. The fraction of sp³-hybridized carbons (Fsp3) is 0.364. The molecule has 23 heteroatoms. The number of carbonyl (C=O) groups is 3. The summed E-state index contributed by atoms with van der Waals surface area (Å²) < 4.78 is 123. The summed E-state index contributed by atoms with van der Waals surface area (Å²) in [4.78, 5) is 37.0. The number of ether oxygens (including phenoxy) is 4. The van der Waals surface area contributed by atoms with E-state index in [9.17, 15) is 49.5 Å². The van der Waals surface area contributed by atoms with Crippen LogP contribution in [0.5, 0.6) is 11.5 Å². The molecule has 2 aromatic heterocycles. The molecule has 6 aliphatic carbocycles. The van der Waals surface area contributed by atoms with Crippen LogP contribution < -0.4 is 123 Å². The summed E-state index contributed by atoms with van der Waals surface area (Å²) >= 11 is 0. The Bertz CT molecular complexity index is 2050. The number of nitrogens with zero attached hydrogens (tertiary/aromatic N) is 4. The molecule has 2 aromatic carbocycles. The van der Waals surface area contributed by atoms with Crippen LogP contribution in [0.4, 0.5) is 49.5 Å². The summed E-state index contributed by atoms with van der Waals surface area (Å²) in [6.07, 6.45) is -5.46. The minimum Gasteiger partial charge on any atom is -1.00 e. The van der Waals surface area contributed by atoms with E-state index < -0.39 is 76.4 Å². The number of benzene rings is 2. The van der Waals surface area contributed by atoms with E-state index in [1.807, 2.05) is 0 Å². The summed E-state index contributed by atoms with van der Waals surface area (Å²) in [6, 6.07) is 6.03. The molecule has 0 radical (unpaired) electrons. The van der Waals surface area contributed by atoms with Gasteiger partial charge in [0.05, 0.1) is 34.5 Å². The van der Waals surface area contributed by atoms with Gasteiger partial charge in [-0.05, 0) is 73.9 Å². The first-order valence-electron chi connectivity index (χ1n) is 16.0. The van der Waals surface area contributed by atoms with Crippen LogP contribution in [0, 0.1) is 11.6 Å². The minimum absolute atomic E-state index is 0. The first-order valence-corrected chi connectivity index (χ1v) is 16.0. The molecule has 56 heavy (non-hydrogen) atoms. The summed E-state index contributed by atoms with van der Waals surface area (Å²) in [5.74, 6) is -4.34. The number of alkyl halides is 6. The number of nitrogens with one attached hydrogen (secondary N) is 2. The SMILES string of the molecule is O=C(NC12CC(n3cc(-c4ccc(OC(F)(F)F)c(F)c4)cn3)(C1)C2)OC(=O)OC(=O)NC12CC(n3cc(-c4ccc(OC(F)(F)F)c(F)c4)cn3)(C1)C2.[H-].[H-].[K+].[K+]. The van der Waals surface area contributed by atoms with Gasteiger partial charge in [-0.15, -0.1) is 26.3 Å². The van der Waals surface area contributed by atoms with E-state index in [4.69, 9.17) is 0 Å². The van der Waals surface area contributed by atoms with Crippen molar-refractivity contribution in [3.05, 3.63) is 72.8 Å². The average molecular weight is 849 g/mol. The third-order valence-corrected chi connectivity index (χ3v) is 10.2. The van der Waals surface area contributed by atoms with Crippen LogP contribution in [0.3, 0.4) is 0 Å². The Morgan fingerprint density at radius 3 is 1.30 bits per heavy atom. The van der Waals surface area contributed by atoms with Crippen molar-refractivity contribution < 1.29 is 174 Å². The summed E-state index contributed by atoms with van der Waals surface area (Å²) in [5.41, 5.74) is -0.973. The normalized spacial score (nSPS) is 25.3. The standard InChI is InChI=1S/C33H24F8N6O7.2K.2H/c34-21-5-17(1-3-23(21)53-32(36,37)38)19-7-42-46(9-19)30-11-28(12-30,13-30)44-25(48)51-27(50)52-26(49)45-29-14-31(15-29,16-29)47-10-20(8-43-47)18-2-4-24(22(35)6-18)54-33(39,40)41;;;;/h1-10H,11-16H2,(H,44,48)(H,45,49);;;;/q;2*+1;2*-1. The third kappa shape index (κ3) is 8.30. The summed E-state index contributed by atoms with van der Waals surface area (Å²) in [5, 5.41) is 13.8. The number of halogens is 8. The molecule has 4 bridgehead atoms. The summed E-state index contributed by atoms with van der Waals surface area (Å²) in [7, 11) is 0. The van der Waals surface area contributed by atoms with Gasteiger partial charge in [-0.25, -0.2) is 23.2 Å².